The third-order valence-corrected chi connectivity index (χ3v) is 4.07. The topological polar surface area (TPSA) is 91.2 Å². The second-order valence-corrected chi connectivity index (χ2v) is 5.69. The molecule has 1 aromatic rings. The van der Waals surface area contributed by atoms with Gasteiger partial charge in [0, 0.05) is 5.69 Å². The molecule has 0 bridgehead atoms. The number of hydrogen-bond donors (Lipinski definition) is 2. The number of amides is 1. The normalized spacial score (nSPS) is 16.0. The van der Waals surface area contributed by atoms with Crippen LogP contribution in [0.4, 0.5) is 5.69 Å². The zero-order chi connectivity index (χ0) is 16.7. The van der Waals surface area contributed by atoms with E-state index in [0.29, 0.717) is 24.1 Å². The van der Waals surface area contributed by atoms with Crippen molar-refractivity contribution in [2.75, 3.05) is 19.0 Å². The van der Waals surface area contributed by atoms with Crippen molar-refractivity contribution >= 4 is 17.6 Å². The molecule has 0 atom stereocenters. The van der Waals surface area contributed by atoms with Gasteiger partial charge in [0.2, 0.25) is 5.91 Å². The van der Waals surface area contributed by atoms with Crippen LogP contribution in [0, 0.1) is 11.3 Å². The number of anilines is 1. The lowest BCUT2D eigenvalue weighted by molar-refractivity contribution is -0.121. The van der Waals surface area contributed by atoms with Crippen LogP contribution in [-0.2, 0) is 9.53 Å². The highest BCUT2D eigenvalue weighted by Gasteiger charge is 2.33. The summed E-state index contributed by atoms with van der Waals surface area (Å²) in [5.41, 5.74) is 0.151. The van der Waals surface area contributed by atoms with E-state index in [0.717, 1.165) is 19.3 Å². The van der Waals surface area contributed by atoms with Gasteiger partial charge in [-0.1, -0.05) is 31.4 Å². The molecule has 0 spiro atoms. The van der Waals surface area contributed by atoms with Gasteiger partial charge in [0.05, 0.1) is 25.3 Å². The number of methoxy groups -OCH3 is 1. The van der Waals surface area contributed by atoms with Crippen LogP contribution in [0.5, 0.6) is 0 Å². The first-order chi connectivity index (χ1) is 11.1. The van der Waals surface area contributed by atoms with E-state index < -0.39 is 11.5 Å². The third kappa shape index (κ3) is 4.22. The monoisotopic (exact) mass is 315 g/mol. The van der Waals surface area contributed by atoms with Crippen LogP contribution in [0.1, 0.15) is 42.5 Å². The minimum absolute atomic E-state index is 0.00254. The highest BCUT2D eigenvalue weighted by Crippen LogP contribution is 2.27. The van der Waals surface area contributed by atoms with E-state index in [9.17, 15) is 14.9 Å². The first-order valence-electron chi connectivity index (χ1n) is 7.74. The lowest BCUT2D eigenvalue weighted by Gasteiger charge is -2.31. The number of rotatable bonds is 5. The van der Waals surface area contributed by atoms with Crippen LogP contribution in [-0.4, -0.2) is 31.1 Å². The lowest BCUT2D eigenvalue weighted by Crippen LogP contribution is -2.50. The van der Waals surface area contributed by atoms with Gasteiger partial charge in [-0.15, -0.1) is 0 Å². The van der Waals surface area contributed by atoms with E-state index in [2.05, 4.69) is 16.7 Å². The largest absolute Gasteiger partial charge is 0.465 e. The van der Waals surface area contributed by atoms with E-state index in [1.54, 1.807) is 24.3 Å². The van der Waals surface area contributed by atoms with Crippen LogP contribution in [0.3, 0.4) is 0 Å². The van der Waals surface area contributed by atoms with Crippen LogP contribution in [0.15, 0.2) is 24.3 Å². The molecule has 1 aromatic carbocycles. The molecular formula is C17H21N3O3. The number of ether oxygens (including phenoxy) is 1. The molecule has 23 heavy (non-hydrogen) atoms. The number of hydrogen-bond acceptors (Lipinski definition) is 5. The van der Waals surface area contributed by atoms with Gasteiger partial charge < -0.3 is 15.4 Å². The Hall–Kier alpha value is -2.55. The van der Waals surface area contributed by atoms with Gasteiger partial charge in [-0.05, 0) is 25.0 Å². The molecule has 1 aliphatic rings. The first kappa shape index (κ1) is 16.8. The first-order valence-corrected chi connectivity index (χ1v) is 7.74. The fraction of sp³-hybridized carbons (Fsp3) is 0.471. The summed E-state index contributed by atoms with van der Waals surface area (Å²) in [6.07, 6.45) is 4.38. The number of benzene rings is 1. The Morgan fingerprint density at radius 2 is 1.96 bits per heavy atom. The van der Waals surface area contributed by atoms with Gasteiger partial charge in [-0.2, -0.15) is 5.26 Å². The van der Waals surface area contributed by atoms with Gasteiger partial charge in [0.15, 0.2) is 0 Å². The van der Waals surface area contributed by atoms with Gasteiger partial charge in [0.25, 0.3) is 0 Å². The van der Waals surface area contributed by atoms with E-state index in [4.69, 9.17) is 4.74 Å². The van der Waals surface area contributed by atoms with Crippen molar-refractivity contribution in [3.63, 3.8) is 0 Å². The summed E-state index contributed by atoms with van der Waals surface area (Å²) in [5.74, 6) is -0.720. The van der Waals surface area contributed by atoms with Crippen molar-refractivity contribution in [2.24, 2.45) is 0 Å². The second kappa shape index (κ2) is 7.63. The summed E-state index contributed by atoms with van der Waals surface area (Å²) < 4.78 is 4.72. The summed E-state index contributed by atoms with van der Waals surface area (Å²) in [6.45, 7) is -0.00254. The van der Waals surface area contributed by atoms with Gasteiger partial charge in [-0.25, -0.2) is 4.79 Å². The molecule has 0 aromatic heterocycles. The second-order valence-electron chi connectivity index (χ2n) is 5.69. The summed E-state index contributed by atoms with van der Waals surface area (Å²) >= 11 is 0. The SMILES string of the molecule is COC(=O)c1ccccc1NCC(=O)NC1(C#N)CCCCC1. The van der Waals surface area contributed by atoms with E-state index >= 15 is 0 Å². The number of nitrogens with zero attached hydrogens (tertiary/aromatic N) is 1. The molecule has 2 N–H and O–H groups in total. The molecule has 1 saturated carbocycles. The average molecular weight is 315 g/mol. The van der Waals surface area contributed by atoms with Gasteiger partial charge >= 0.3 is 5.97 Å². The molecular weight excluding hydrogens is 294 g/mol. The molecule has 6 nitrogen and oxygen atoms in total. The Labute approximate surface area is 135 Å². The van der Waals surface area contributed by atoms with Crippen LogP contribution in [0.25, 0.3) is 0 Å². The summed E-state index contributed by atoms with van der Waals surface area (Å²) in [4.78, 5) is 23.8. The van der Waals surface area contributed by atoms with E-state index in [1.807, 2.05) is 0 Å². The van der Waals surface area contributed by atoms with E-state index in [1.165, 1.54) is 7.11 Å². The Balaban J connectivity index is 1.97. The fourth-order valence-corrected chi connectivity index (χ4v) is 2.83. The average Bonchev–Trinajstić information content (AvgIpc) is 2.60. The van der Waals surface area contributed by atoms with Crippen LogP contribution >= 0.6 is 0 Å². The number of carbonyl (C=O) groups excluding carboxylic acids is 2. The van der Waals surface area contributed by atoms with E-state index in [-0.39, 0.29) is 12.5 Å². The maximum Gasteiger partial charge on any atom is 0.339 e. The summed E-state index contributed by atoms with van der Waals surface area (Å²) in [5, 5.41) is 15.2. The van der Waals surface area contributed by atoms with Crippen molar-refractivity contribution < 1.29 is 14.3 Å². The predicted molar refractivity (Wildman–Crippen MR) is 85.8 cm³/mol. The molecule has 122 valence electrons. The fourth-order valence-electron chi connectivity index (χ4n) is 2.83. The Kier molecular flexibility index (Phi) is 5.58. The maximum absolute atomic E-state index is 12.2. The minimum Gasteiger partial charge on any atom is -0.465 e. The summed E-state index contributed by atoms with van der Waals surface area (Å²) in [7, 11) is 1.31. The molecule has 0 radical (unpaired) electrons. The molecule has 0 heterocycles. The molecule has 1 fully saturated rings. The number of nitrogens with one attached hydrogen (secondary N) is 2. The molecule has 0 saturated heterocycles. The Bertz CT molecular complexity index is 616. The smallest absolute Gasteiger partial charge is 0.339 e. The van der Waals surface area contributed by atoms with Crippen LogP contribution in [0.2, 0.25) is 0 Å². The minimum atomic E-state index is -0.751. The Morgan fingerprint density at radius 1 is 1.26 bits per heavy atom. The van der Waals surface area contributed by atoms with Crippen molar-refractivity contribution in [1.82, 2.24) is 5.32 Å². The van der Waals surface area contributed by atoms with Gasteiger partial charge in [-0.3, -0.25) is 4.79 Å². The zero-order valence-electron chi connectivity index (χ0n) is 13.2. The highest BCUT2D eigenvalue weighted by atomic mass is 16.5. The maximum atomic E-state index is 12.2. The van der Waals surface area contributed by atoms with Crippen LogP contribution < -0.4 is 10.6 Å². The summed E-state index contributed by atoms with van der Waals surface area (Å²) in [6, 6.07) is 9.08. The molecule has 1 aliphatic carbocycles. The van der Waals surface area contributed by atoms with Crippen molar-refractivity contribution in [1.29, 1.82) is 5.26 Å². The predicted octanol–water partition coefficient (Wildman–Crippen LogP) is 2.23. The molecule has 6 heteroatoms. The lowest BCUT2D eigenvalue weighted by atomic mass is 9.83. The Morgan fingerprint density at radius 3 is 2.61 bits per heavy atom. The molecule has 2 rings (SSSR count). The number of carbonyl (C=O) groups is 2. The standard InChI is InChI=1S/C17H21N3O3/c1-23-16(22)13-7-3-4-8-14(13)19-11-15(21)20-17(12-18)9-5-2-6-10-17/h3-4,7-8,19H,2,5-6,9-11H2,1H3,(H,20,21). The van der Waals surface area contributed by atoms with Gasteiger partial charge in [0.1, 0.15) is 5.54 Å². The third-order valence-electron chi connectivity index (χ3n) is 4.07. The quantitative estimate of drug-likeness (QED) is 0.813. The van der Waals surface area contributed by atoms with Crippen molar-refractivity contribution in [2.45, 2.75) is 37.6 Å². The zero-order valence-corrected chi connectivity index (χ0v) is 13.2. The van der Waals surface area contributed by atoms with Crippen molar-refractivity contribution in [3.8, 4) is 6.07 Å². The number of esters is 1. The number of nitriles is 1. The molecule has 0 aliphatic heterocycles. The molecule has 0 unspecified atom stereocenters. The molecule has 1 amide bonds. The number of para-hydroxylation sites is 1. The van der Waals surface area contributed by atoms with Crippen molar-refractivity contribution in [3.05, 3.63) is 29.8 Å². The highest BCUT2D eigenvalue weighted by molar-refractivity contribution is 5.96.